The number of urea groups is 1. The highest BCUT2D eigenvalue weighted by atomic mass is 16.2. The van der Waals surface area contributed by atoms with Gasteiger partial charge in [-0.3, -0.25) is 23.6 Å². The number of aryl methyl sites for hydroxylation is 1. The van der Waals surface area contributed by atoms with Crippen LogP contribution in [0.25, 0.3) is 0 Å². The molecule has 1 fully saturated rings. The molecular formula is C18H20N4O4. The molecule has 136 valence electrons. The van der Waals surface area contributed by atoms with E-state index in [1.807, 2.05) is 19.1 Å². The molecule has 3 rings (SSSR count). The third-order valence-electron chi connectivity index (χ3n) is 4.85. The molecule has 2 aromatic rings. The number of amides is 3. The van der Waals surface area contributed by atoms with Crippen LogP contribution in [0.4, 0.5) is 4.79 Å². The van der Waals surface area contributed by atoms with E-state index in [2.05, 4.69) is 5.32 Å². The number of hydrogen-bond donors (Lipinski definition) is 1. The standard InChI is InChI=1S/C18H20N4O4/c1-11-5-7-12(8-6-11)18(2)15(24)22(16(25)19-18)10-13-9-14(23)21(4)17(26)20(13)3/h5-9H,10H2,1-4H3,(H,19,25). The number of rotatable bonds is 3. The molecule has 0 saturated carbocycles. The van der Waals surface area contributed by atoms with E-state index >= 15 is 0 Å². The molecule has 1 aliphatic rings. The summed E-state index contributed by atoms with van der Waals surface area (Å²) in [5.41, 5.74) is -0.196. The zero-order valence-corrected chi connectivity index (χ0v) is 15.1. The SMILES string of the molecule is Cc1ccc(C2(C)NC(=O)N(Cc3cc(=O)n(C)c(=O)n3C)C2=O)cc1. The molecule has 26 heavy (non-hydrogen) atoms. The number of carbonyl (C=O) groups is 2. The molecule has 0 spiro atoms. The van der Waals surface area contributed by atoms with Gasteiger partial charge in [0, 0.05) is 25.9 Å². The monoisotopic (exact) mass is 356 g/mol. The Morgan fingerprint density at radius 2 is 1.62 bits per heavy atom. The van der Waals surface area contributed by atoms with Crippen molar-refractivity contribution in [3.63, 3.8) is 0 Å². The summed E-state index contributed by atoms with van der Waals surface area (Å²) in [6.45, 7) is 3.42. The van der Waals surface area contributed by atoms with Gasteiger partial charge >= 0.3 is 11.7 Å². The van der Waals surface area contributed by atoms with E-state index in [4.69, 9.17) is 0 Å². The summed E-state index contributed by atoms with van der Waals surface area (Å²) in [6.07, 6.45) is 0. The van der Waals surface area contributed by atoms with Crippen LogP contribution in [0.5, 0.6) is 0 Å². The molecule has 1 aromatic carbocycles. The molecule has 1 aromatic heterocycles. The predicted octanol–water partition coefficient (Wildman–Crippen LogP) is 0.360. The molecule has 1 atom stereocenters. The van der Waals surface area contributed by atoms with Crippen molar-refractivity contribution in [3.05, 3.63) is 68.0 Å². The first-order valence-electron chi connectivity index (χ1n) is 8.12. The fraction of sp³-hybridized carbons (Fsp3) is 0.333. The smallest absolute Gasteiger partial charge is 0.319 e. The van der Waals surface area contributed by atoms with Crippen LogP contribution in [0.1, 0.15) is 23.7 Å². The fourth-order valence-corrected chi connectivity index (χ4v) is 3.02. The molecule has 1 aliphatic heterocycles. The number of imide groups is 1. The first-order valence-corrected chi connectivity index (χ1v) is 8.12. The van der Waals surface area contributed by atoms with Crippen LogP contribution in [-0.4, -0.2) is 26.0 Å². The van der Waals surface area contributed by atoms with Crippen molar-refractivity contribution in [2.24, 2.45) is 14.1 Å². The van der Waals surface area contributed by atoms with E-state index in [0.717, 1.165) is 15.0 Å². The summed E-state index contributed by atoms with van der Waals surface area (Å²) in [7, 11) is 2.87. The second-order valence-electron chi connectivity index (χ2n) is 6.69. The van der Waals surface area contributed by atoms with Gasteiger partial charge in [-0.25, -0.2) is 9.59 Å². The zero-order chi connectivity index (χ0) is 19.2. The minimum Gasteiger partial charge on any atom is -0.319 e. The van der Waals surface area contributed by atoms with E-state index in [1.165, 1.54) is 24.7 Å². The van der Waals surface area contributed by atoms with Crippen molar-refractivity contribution >= 4 is 11.9 Å². The van der Waals surface area contributed by atoms with Gasteiger partial charge in [0.15, 0.2) is 0 Å². The van der Waals surface area contributed by atoms with Crippen LogP contribution in [-0.2, 0) is 31.0 Å². The van der Waals surface area contributed by atoms with Gasteiger partial charge in [0.1, 0.15) is 5.54 Å². The van der Waals surface area contributed by atoms with Crippen LogP contribution in [0.15, 0.2) is 39.9 Å². The lowest BCUT2D eigenvalue weighted by molar-refractivity contribution is -0.131. The Balaban J connectivity index is 1.97. The van der Waals surface area contributed by atoms with Crippen molar-refractivity contribution < 1.29 is 9.59 Å². The Morgan fingerprint density at radius 3 is 2.23 bits per heavy atom. The van der Waals surface area contributed by atoms with Crippen LogP contribution >= 0.6 is 0 Å². The molecule has 0 radical (unpaired) electrons. The Morgan fingerprint density at radius 1 is 1.00 bits per heavy atom. The van der Waals surface area contributed by atoms with Crippen molar-refractivity contribution in [1.29, 1.82) is 0 Å². The predicted molar refractivity (Wildman–Crippen MR) is 94.5 cm³/mol. The average Bonchev–Trinajstić information content (AvgIpc) is 2.82. The lowest BCUT2D eigenvalue weighted by atomic mass is 9.91. The molecule has 8 nitrogen and oxygen atoms in total. The highest BCUT2D eigenvalue weighted by Crippen LogP contribution is 2.29. The lowest BCUT2D eigenvalue weighted by Gasteiger charge is -2.22. The summed E-state index contributed by atoms with van der Waals surface area (Å²) in [6, 6.07) is 8.02. The van der Waals surface area contributed by atoms with Crippen molar-refractivity contribution in [2.45, 2.75) is 25.9 Å². The van der Waals surface area contributed by atoms with E-state index in [0.29, 0.717) is 5.56 Å². The summed E-state index contributed by atoms with van der Waals surface area (Å²) < 4.78 is 2.22. The van der Waals surface area contributed by atoms with Crippen molar-refractivity contribution in [1.82, 2.24) is 19.4 Å². The van der Waals surface area contributed by atoms with Crippen molar-refractivity contribution in [3.8, 4) is 0 Å². The number of aromatic nitrogens is 2. The highest BCUT2D eigenvalue weighted by Gasteiger charge is 2.49. The third-order valence-corrected chi connectivity index (χ3v) is 4.85. The molecule has 0 aliphatic carbocycles. The molecule has 8 heteroatoms. The van der Waals surface area contributed by atoms with Gasteiger partial charge < -0.3 is 5.32 Å². The topological polar surface area (TPSA) is 93.4 Å². The number of hydrogen-bond acceptors (Lipinski definition) is 4. The van der Waals surface area contributed by atoms with Crippen LogP contribution < -0.4 is 16.6 Å². The third kappa shape index (κ3) is 2.63. The van der Waals surface area contributed by atoms with Gasteiger partial charge in [0.25, 0.3) is 11.5 Å². The fourth-order valence-electron chi connectivity index (χ4n) is 3.02. The van der Waals surface area contributed by atoms with Gasteiger partial charge in [-0.05, 0) is 19.4 Å². The Hall–Kier alpha value is -3.16. The molecule has 1 N–H and O–H groups in total. The average molecular weight is 356 g/mol. The quantitative estimate of drug-likeness (QED) is 0.804. The largest absolute Gasteiger partial charge is 0.330 e. The van der Waals surface area contributed by atoms with Crippen LogP contribution in [0, 0.1) is 6.92 Å². The maximum absolute atomic E-state index is 12.9. The van der Waals surface area contributed by atoms with Gasteiger partial charge in [0.05, 0.1) is 6.54 Å². The number of nitrogens with zero attached hydrogens (tertiary/aromatic N) is 3. The Kier molecular flexibility index (Phi) is 4.06. The zero-order valence-electron chi connectivity index (χ0n) is 15.1. The number of benzene rings is 1. The summed E-state index contributed by atoms with van der Waals surface area (Å²) in [4.78, 5) is 50.3. The van der Waals surface area contributed by atoms with E-state index in [-0.39, 0.29) is 12.2 Å². The van der Waals surface area contributed by atoms with Gasteiger partial charge in [0.2, 0.25) is 0 Å². The maximum Gasteiger partial charge on any atom is 0.330 e. The van der Waals surface area contributed by atoms with E-state index < -0.39 is 28.7 Å². The van der Waals surface area contributed by atoms with Crippen LogP contribution in [0.2, 0.25) is 0 Å². The summed E-state index contributed by atoms with van der Waals surface area (Å²) in [5.74, 6) is -0.431. The molecular weight excluding hydrogens is 336 g/mol. The lowest BCUT2D eigenvalue weighted by Crippen LogP contribution is -2.42. The molecule has 1 unspecified atom stereocenters. The first-order chi connectivity index (χ1) is 12.1. The number of carbonyl (C=O) groups excluding carboxylic acids is 2. The highest BCUT2D eigenvalue weighted by molar-refractivity contribution is 6.07. The van der Waals surface area contributed by atoms with Gasteiger partial charge in [-0.2, -0.15) is 0 Å². The molecule has 2 heterocycles. The van der Waals surface area contributed by atoms with Crippen molar-refractivity contribution in [2.75, 3.05) is 0 Å². The van der Waals surface area contributed by atoms with Gasteiger partial charge in [-0.1, -0.05) is 29.8 Å². The first kappa shape index (κ1) is 17.7. The Bertz CT molecular complexity index is 1020. The maximum atomic E-state index is 12.9. The number of nitrogens with one attached hydrogen (secondary N) is 1. The molecule has 1 saturated heterocycles. The van der Waals surface area contributed by atoms with Gasteiger partial charge in [-0.15, -0.1) is 0 Å². The minimum absolute atomic E-state index is 0.159. The molecule has 0 bridgehead atoms. The van der Waals surface area contributed by atoms with E-state index in [1.54, 1.807) is 19.1 Å². The van der Waals surface area contributed by atoms with E-state index in [9.17, 15) is 19.2 Å². The van der Waals surface area contributed by atoms with Crippen LogP contribution in [0.3, 0.4) is 0 Å². The second-order valence-corrected chi connectivity index (χ2v) is 6.69. The Labute approximate surface area is 149 Å². The summed E-state index contributed by atoms with van der Waals surface area (Å²) >= 11 is 0. The normalized spacial score (nSPS) is 19.8. The summed E-state index contributed by atoms with van der Waals surface area (Å²) in [5, 5.41) is 2.71. The second kappa shape index (κ2) is 5.98. The molecule has 3 amide bonds. The minimum atomic E-state index is -1.19.